The lowest BCUT2D eigenvalue weighted by Crippen LogP contribution is -2.60. The molecule has 1 aromatic carbocycles. The van der Waals surface area contributed by atoms with Crippen LogP contribution in [0.1, 0.15) is 143 Å². The minimum atomic E-state index is -1.18. The van der Waals surface area contributed by atoms with Crippen molar-refractivity contribution in [2.24, 2.45) is 22.4 Å². The summed E-state index contributed by atoms with van der Waals surface area (Å²) in [5.74, 6) is -3.81. The molecule has 5 amide bonds. The first-order chi connectivity index (χ1) is 27.7. The zero-order chi connectivity index (χ0) is 43.3. The number of Topliss-reactive ketones (excluding diaryl/α,β-unsaturated/α-hetero) is 1. The van der Waals surface area contributed by atoms with Gasteiger partial charge in [0.05, 0.1) is 6.61 Å². The van der Waals surface area contributed by atoms with Crippen LogP contribution in [-0.2, 0) is 35.2 Å². The number of nitrogens with one attached hydrogen (secondary N) is 5. The van der Waals surface area contributed by atoms with Crippen molar-refractivity contribution in [3.8, 4) is 0 Å². The summed E-state index contributed by atoms with van der Waals surface area (Å²) in [6.45, 7) is 8.04. The van der Waals surface area contributed by atoms with Gasteiger partial charge in [0.2, 0.25) is 29.5 Å². The molecule has 0 spiro atoms. The number of unbranched alkanes of at least 4 members (excludes halogenated alkanes) is 12. The van der Waals surface area contributed by atoms with Gasteiger partial charge < -0.3 is 43.2 Å². The van der Waals surface area contributed by atoms with Crippen LogP contribution in [0, 0.1) is 5.92 Å². The van der Waals surface area contributed by atoms with E-state index in [1.807, 2.05) is 6.07 Å². The number of benzene rings is 1. The van der Waals surface area contributed by atoms with Crippen LogP contribution < -0.4 is 38.1 Å². The molecule has 0 aromatic heterocycles. The van der Waals surface area contributed by atoms with E-state index in [1.54, 1.807) is 45.0 Å². The van der Waals surface area contributed by atoms with Crippen LogP contribution in [0.5, 0.6) is 0 Å². The first-order valence-corrected chi connectivity index (χ1v) is 21.4. The molecule has 1 aromatic rings. The Balaban J connectivity index is 2.85. The number of rotatable bonds is 32. The quantitative estimate of drug-likeness (QED) is 0.0301. The van der Waals surface area contributed by atoms with E-state index in [1.165, 1.54) is 64.7 Å². The molecular weight excluding hydrogens is 741 g/mol. The Kier molecular flexibility index (Phi) is 27.1. The molecule has 15 nitrogen and oxygen atoms in total. The van der Waals surface area contributed by atoms with Gasteiger partial charge in [0.1, 0.15) is 30.2 Å². The molecule has 0 aliphatic carbocycles. The van der Waals surface area contributed by atoms with Crippen molar-refractivity contribution >= 4 is 41.3 Å². The van der Waals surface area contributed by atoms with Crippen molar-refractivity contribution in [2.75, 3.05) is 13.2 Å². The standard InChI is InChI=1S/C43H74N8O7/c1-6-7-8-9-10-11-12-13-14-15-16-17-21-26-37(54)47-31(4)39(55)51-38(30(2)3)42(58)49-35(28-33-23-19-18-20-24-33)41(57)48-34(25-22-27-46-43(44)45)40(56)50-36(29-52)32(5)53/h18-20,23-24,30-31,34-36,38,52H,6-17,21-22,25-29H2,1-5H3,(H,47,54)(H,48,57)(H,49,58)(H,50,56)(H,51,55)(H4,44,45,46)/t31-,34-,35-,36-,38-/m0/s1. The second-order valence-corrected chi connectivity index (χ2v) is 15.6. The highest BCUT2D eigenvalue weighted by atomic mass is 16.3. The Labute approximate surface area is 346 Å². The highest BCUT2D eigenvalue weighted by Crippen LogP contribution is 2.14. The number of nitrogens with two attached hydrogens (primary N) is 2. The third kappa shape index (κ3) is 23.0. The van der Waals surface area contributed by atoms with Crippen LogP contribution in [0.2, 0.25) is 0 Å². The highest BCUT2D eigenvalue weighted by Gasteiger charge is 2.32. The molecule has 0 aliphatic rings. The number of carbonyl (C=O) groups is 6. The zero-order valence-corrected chi connectivity index (χ0v) is 35.8. The molecule has 0 heterocycles. The SMILES string of the molecule is CCCCCCCCCCCCCCCC(=O)N[C@@H](C)C(=O)N[C@H](C(=O)N[C@@H](Cc1ccccc1)C(=O)N[C@@H](CCCN=C(N)N)C(=O)N[C@@H](CO)C(C)=O)C(C)C. The lowest BCUT2D eigenvalue weighted by molar-refractivity contribution is -0.135. The first-order valence-electron chi connectivity index (χ1n) is 21.4. The summed E-state index contributed by atoms with van der Waals surface area (Å²) in [5.41, 5.74) is 11.6. The lowest BCUT2D eigenvalue weighted by atomic mass is 10.00. The van der Waals surface area contributed by atoms with Crippen molar-refractivity contribution in [1.29, 1.82) is 0 Å². The summed E-state index contributed by atoms with van der Waals surface area (Å²) in [7, 11) is 0. The molecule has 0 saturated carbocycles. The predicted octanol–water partition coefficient (Wildman–Crippen LogP) is 3.45. The van der Waals surface area contributed by atoms with E-state index in [-0.39, 0.29) is 37.7 Å². The molecule has 10 N–H and O–H groups in total. The van der Waals surface area contributed by atoms with Crippen molar-refractivity contribution < 1.29 is 33.9 Å². The Morgan fingerprint density at radius 2 is 1.16 bits per heavy atom. The van der Waals surface area contributed by atoms with E-state index >= 15 is 0 Å². The summed E-state index contributed by atoms with van der Waals surface area (Å²) >= 11 is 0. The Morgan fingerprint density at radius 1 is 0.638 bits per heavy atom. The highest BCUT2D eigenvalue weighted by molar-refractivity contribution is 5.96. The van der Waals surface area contributed by atoms with Gasteiger partial charge in [-0.25, -0.2) is 0 Å². The molecule has 0 aliphatic heterocycles. The van der Waals surface area contributed by atoms with Crippen molar-refractivity contribution in [2.45, 2.75) is 174 Å². The van der Waals surface area contributed by atoms with Gasteiger partial charge >= 0.3 is 0 Å². The summed E-state index contributed by atoms with van der Waals surface area (Å²) in [6, 6.07) is 3.47. The fourth-order valence-electron chi connectivity index (χ4n) is 6.41. The number of amides is 5. The van der Waals surface area contributed by atoms with Gasteiger partial charge in [-0.3, -0.25) is 33.8 Å². The van der Waals surface area contributed by atoms with Gasteiger partial charge in [0, 0.05) is 19.4 Å². The van der Waals surface area contributed by atoms with Crippen LogP contribution in [0.4, 0.5) is 0 Å². The maximum absolute atomic E-state index is 13.9. The van der Waals surface area contributed by atoms with Crippen molar-refractivity contribution in [1.82, 2.24) is 26.6 Å². The Hall–Kier alpha value is -4.53. The van der Waals surface area contributed by atoms with Crippen LogP contribution in [0.3, 0.4) is 0 Å². The summed E-state index contributed by atoms with van der Waals surface area (Å²) < 4.78 is 0. The molecule has 328 valence electrons. The number of ketones is 1. The van der Waals surface area contributed by atoms with Crippen LogP contribution >= 0.6 is 0 Å². The van der Waals surface area contributed by atoms with Gasteiger partial charge in [-0.1, -0.05) is 128 Å². The van der Waals surface area contributed by atoms with Crippen molar-refractivity contribution in [3.05, 3.63) is 35.9 Å². The molecule has 0 unspecified atom stereocenters. The molecular formula is C43H74N8O7. The average molecular weight is 815 g/mol. The Morgan fingerprint density at radius 3 is 1.67 bits per heavy atom. The van der Waals surface area contributed by atoms with Crippen LogP contribution in [0.25, 0.3) is 0 Å². The Bertz CT molecular complexity index is 1400. The second-order valence-electron chi connectivity index (χ2n) is 15.6. The summed E-state index contributed by atoms with van der Waals surface area (Å²) in [5, 5.41) is 23.0. The van der Waals surface area contributed by atoms with Gasteiger partial charge in [-0.2, -0.15) is 0 Å². The number of aliphatic hydroxyl groups is 1. The maximum atomic E-state index is 13.9. The predicted molar refractivity (Wildman–Crippen MR) is 228 cm³/mol. The maximum Gasteiger partial charge on any atom is 0.243 e. The molecule has 0 bridgehead atoms. The van der Waals surface area contributed by atoms with Gasteiger partial charge in [0.25, 0.3) is 0 Å². The van der Waals surface area contributed by atoms with Gasteiger partial charge in [0.15, 0.2) is 11.7 Å². The molecule has 58 heavy (non-hydrogen) atoms. The van der Waals surface area contributed by atoms with E-state index in [9.17, 15) is 33.9 Å². The normalized spacial score (nSPS) is 13.6. The zero-order valence-electron chi connectivity index (χ0n) is 35.8. The third-order valence-electron chi connectivity index (χ3n) is 10.0. The number of nitrogens with zero attached hydrogens (tertiary/aromatic N) is 1. The fourth-order valence-corrected chi connectivity index (χ4v) is 6.41. The van der Waals surface area contributed by atoms with Crippen LogP contribution in [0.15, 0.2) is 35.3 Å². The fraction of sp³-hybridized carbons (Fsp3) is 0.698. The van der Waals surface area contributed by atoms with E-state index in [4.69, 9.17) is 11.5 Å². The second kappa shape index (κ2) is 30.5. The molecule has 0 radical (unpaired) electrons. The summed E-state index contributed by atoms with van der Waals surface area (Å²) in [4.78, 5) is 82.7. The minimum Gasteiger partial charge on any atom is -0.394 e. The van der Waals surface area contributed by atoms with E-state index < -0.39 is 72.1 Å². The average Bonchev–Trinajstić information content (AvgIpc) is 3.18. The third-order valence-corrected chi connectivity index (χ3v) is 10.0. The van der Waals surface area contributed by atoms with E-state index in [0.717, 1.165) is 31.2 Å². The number of hydrogen-bond acceptors (Lipinski definition) is 8. The molecule has 0 fully saturated rings. The van der Waals surface area contributed by atoms with Crippen molar-refractivity contribution in [3.63, 3.8) is 0 Å². The minimum absolute atomic E-state index is 0.0535. The van der Waals surface area contributed by atoms with Crippen LogP contribution in [-0.4, -0.2) is 89.7 Å². The molecule has 5 atom stereocenters. The molecule has 15 heteroatoms. The first kappa shape index (κ1) is 51.5. The largest absolute Gasteiger partial charge is 0.394 e. The number of hydrogen-bond donors (Lipinski definition) is 8. The van der Waals surface area contributed by atoms with Gasteiger partial charge in [-0.05, 0) is 44.6 Å². The topological polar surface area (TPSA) is 247 Å². The van der Waals surface area contributed by atoms with E-state index in [0.29, 0.717) is 6.42 Å². The lowest BCUT2D eigenvalue weighted by Gasteiger charge is -2.28. The van der Waals surface area contributed by atoms with E-state index in [2.05, 4.69) is 38.5 Å². The number of carbonyl (C=O) groups excluding carboxylic acids is 6. The van der Waals surface area contributed by atoms with Gasteiger partial charge in [-0.15, -0.1) is 0 Å². The molecule has 1 rings (SSSR count). The number of aliphatic hydroxyl groups excluding tert-OH is 1. The number of guanidine groups is 1. The monoisotopic (exact) mass is 815 g/mol. The smallest absolute Gasteiger partial charge is 0.243 e. The summed E-state index contributed by atoms with van der Waals surface area (Å²) in [6.07, 6.45) is 16.3. The number of aliphatic imine (C=N–C) groups is 1. The molecule has 0 saturated heterocycles.